The second kappa shape index (κ2) is 5.82. The van der Waals surface area contributed by atoms with Crippen molar-refractivity contribution in [3.8, 4) is 0 Å². The highest BCUT2D eigenvalue weighted by molar-refractivity contribution is 5.86. The molecule has 0 spiro atoms. The van der Waals surface area contributed by atoms with Gasteiger partial charge in [-0.2, -0.15) is 5.10 Å². The van der Waals surface area contributed by atoms with E-state index in [2.05, 4.69) is 18.1 Å². The van der Waals surface area contributed by atoms with Gasteiger partial charge in [0, 0.05) is 12.7 Å². The quantitative estimate of drug-likeness (QED) is 0.866. The van der Waals surface area contributed by atoms with Gasteiger partial charge < -0.3 is 4.74 Å². The Morgan fingerprint density at radius 2 is 2.24 bits per heavy atom. The van der Waals surface area contributed by atoms with E-state index < -0.39 is 6.10 Å². The minimum Gasteiger partial charge on any atom is -0.365 e. The van der Waals surface area contributed by atoms with Gasteiger partial charge in [0.05, 0.1) is 18.7 Å². The van der Waals surface area contributed by atoms with Crippen LogP contribution < -0.4 is 0 Å². The molecule has 0 N–H and O–H groups in total. The Morgan fingerprint density at radius 3 is 3.00 bits per heavy atom. The fourth-order valence-corrected chi connectivity index (χ4v) is 2.84. The molecule has 1 aliphatic rings. The van der Waals surface area contributed by atoms with E-state index in [4.69, 9.17) is 4.74 Å². The molecule has 1 aromatic carbocycles. The number of hydrogen-bond acceptors (Lipinski definition) is 3. The van der Waals surface area contributed by atoms with Crippen LogP contribution in [0.25, 0.3) is 0 Å². The summed E-state index contributed by atoms with van der Waals surface area (Å²) in [6.07, 6.45) is 1.69. The highest BCUT2D eigenvalue weighted by Crippen LogP contribution is 2.28. The molecule has 0 saturated carbocycles. The first-order chi connectivity index (χ1) is 10.2. The maximum absolute atomic E-state index is 12.6. The van der Waals surface area contributed by atoms with Crippen molar-refractivity contribution in [1.29, 1.82) is 0 Å². The van der Waals surface area contributed by atoms with Gasteiger partial charge in [-0.1, -0.05) is 31.2 Å². The first-order valence-electron chi connectivity index (χ1n) is 7.43. The molecule has 2 aromatic rings. The molecule has 1 aromatic heterocycles. The Bertz CT molecular complexity index is 661. The molecule has 0 aliphatic carbocycles. The monoisotopic (exact) mass is 284 g/mol. The molecule has 0 bridgehead atoms. The molecule has 0 amide bonds. The van der Waals surface area contributed by atoms with Crippen LogP contribution in [0, 0.1) is 0 Å². The number of carbonyl (C=O) groups excluding carboxylic acids is 1. The van der Waals surface area contributed by atoms with E-state index in [0.717, 1.165) is 29.8 Å². The minimum atomic E-state index is -0.435. The topological polar surface area (TPSA) is 44.1 Å². The average molecular weight is 284 g/mol. The third-order valence-corrected chi connectivity index (χ3v) is 4.03. The number of Topliss-reactive ketones (excluding diaryl/α,β-unsaturated/α-hetero) is 1. The number of ether oxygens (including phenoxy) is 1. The smallest absolute Gasteiger partial charge is 0.172 e. The third kappa shape index (κ3) is 2.76. The number of benzene rings is 1. The lowest BCUT2D eigenvalue weighted by Gasteiger charge is -2.25. The van der Waals surface area contributed by atoms with E-state index in [-0.39, 0.29) is 5.78 Å². The Labute approximate surface area is 124 Å². The Hall–Kier alpha value is -1.94. The highest BCUT2D eigenvalue weighted by atomic mass is 16.5. The first kappa shape index (κ1) is 14.0. The lowest BCUT2D eigenvalue weighted by atomic mass is 9.93. The normalized spacial score (nSPS) is 17.5. The molecule has 0 fully saturated rings. The lowest BCUT2D eigenvalue weighted by Crippen LogP contribution is -2.25. The van der Waals surface area contributed by atoms with Crippen LogP contribution in [0.1, 0.15) is 35.5 Å². The Balaban J connectivity index is 1.81. The van der Waals surface area contributed by atoms with E-state index >= 15 is 0 Å². The molecule has 2 heterocycles. The van der Waals surface area contributed by atoms with Crippen molar-refractivity contribution < 1.29 is 9.53 Å². The zero-order valence-electron chi connectivity index (χ0n) is 12.5. The molecule has 1 unspecified atom stereocenters. The van der Waals surface area contributed by atoms with E-state index in [1.54, 1.807) is 4.68 Å². The number of rotatable bonds is 4. The number of aryl methyl sites for hydroxylation is 2. The Kier molecular flexibility index (Phi) is 3.88. The fraction of sp³-hybridized carbons (Fsp3) is 0.412. The highest BCUT2D eigenvalue weighted by Gasteiger charge is 2.27. The molecular weight excluding hydrogens is 264 g/mol. The summed E-state index contributed by atoms with van der Waals surface area (Å²) in [6, 6.07) is 10.1. The van der Waals surface area contributed by atoms with Gasteiger partial charge in [0.25, 0.3) is 0 Å². The summed E-state index contributed by atoms with van der Waals surface area (Å²) in [5.41, 5.74) is 4.21. The molecular formula is C17H20N2O2. The van der Waals surface area contributed by atoms with Gasteiger partial charge >= 0.3 is 0 Å². The van der Waals surface area contributed by atoms with Crippen molar-refractivity contribution in [2.45, 2.75) is 32.3 Å². The minimum absolute atomic E-state index is 0.104. The summed E-state index contributed by atoms with van der Waals surface area (Å²) < 4.78 is 7.53. The van der Waals surface area contributed by atoms with Crippen molar-refractivity contribution in [3.05, 3.63) is 52.8 Å². The summed E-state index contributed by atoms with van der Waals surface area (Å²) in [6.45, 7) is 2.67. The SMILES string of the molecule is CCc1cc(CC(=O)C2OCCc3ccccc32)n(C)n1. The van der Waals surface area contributed by atoms with Gasteiger partial charge in [0.2, 0.25) is 0 Å². The largest absolute Gasteiger partial charge is 0.365 e. The van der Waals surface area contributed by atoms with Gasteiger partial charge in [0.1, 0.15) is 6.10 Å². The van der Waals surface area contributed by atoms with Crippen molar-refractivity contribution >= 4 is 5.78 Å². The van der Waals surface area contributed by atoms with E-state index in [1.165, 1.54) is 5.56 Å². The number of fused-ring (bicyclic) bond motifs is 1. The molecule has 1 aliphatic heterocycles. The summed E-state index contributed by atoms with van der Waals surface area (Å²) in [4.78, 5) is 12.6. The molecule has 4 nitrogen and oxygen atoms in total. The average Bonchev–Trinajstić information content (AvgIpc) is 2.87. The standard InChI is InChI=1S/C17H20N2O2/c1-3-13-10-14(19(2)18-13)11-16(20)17-15-7-5-4-6-12(15)8-9-21-17/h4-7,10,17H,3,8-9,11H2,1-2H3. The summed E-state index contributed by atoms with van der Waals surface area (Å²) in [7, 11) is 1.89. The molecule has 3 rings (SSSR count). The van der Waals surface area contributed by atoms with E-state index in [9.17, 15) is 4.79 Å². The van der Waals surface area contributed by atoms with Crippen LogP contribution in [0.5, 0.6) is 0 Å². The molecule has 21 heavy (non-hydrogen) atoms. The van der Waals surface area contributed by atoms with Crippen LogP contribution in [0.2, 0.25) is 0 Å². The number of hydrogen-bond donors (Lipinski definition) is 0. The number of aromatic nitrogens is 2. The van der Waals surface area contributed by atoms with Crippen molar-refractivity contribution in [2.24, 2.45) is 7.05 Å². The van der Waals surface area contributed by atoms with Crippen LogP contribution in [0.4, 0.5) is 0 Å². The lowest BCUT2D eigenvalue weighted by molar-refractivity contribution is -0.131. The van der Waals surface area contributed by atoms with Crippen LogP contribution in [-0.2, 0) is 35.8 Å². The van der Waals surface area contributed by atoms with Crippen molar-refractivity contribution in [3.63, 3.8) is 0 Å². The maximum atomic E-state index is 12.6. The molecule has 4 heteroatoms. The summed E-state index contributed by atoms with van der Waals surface area (Å²) >= 11 is 0. The maximum Gasteiger partial charge on any atom is 0.172 e. The van der Waals surface area contributed by atoms with Gasteiger partial charge in [-0.15, -0.1) is 0 Å². The molecule has 0 saturated heterocycles. The van der Waals surface area contributed by atoms with Crippen LogP contribution in [0.15, 0.2) is 30.3 Å². The van der Waals surface area contributed by atoms with Crippen molar-refractivity contribution in [2.75, 3.05) is 6.61 Å². The predicted molar refractivity (Wildman–Crippen MR) is 80.1 cm³/mol. The van der Waals surface area contributed by atoms with Gasteiger partial charge in [0.15, 0.2) is 5.78 Å². The summed E-state index contributed by atoms with van der Waals surface area (Å²) in [5, 5.41) is 4.40. The Morgan fingerprint density at radius 1 is 1.43 bits per heavy atom. The van der Waals surface area contributed by atoms with E-state index in [0.29, 0.717) is 13.0 Å². The second-order valence-electron chi connectivity index (χ2n) is 5.45. The molecule has 0 radical (unpaired) electrons. The van der Waals surface area contributed by atoms with Crippen LogP contribution in [-0.4, -0.2) is 22.2 Å². The van der Waals surface area contributed by atoms with Crippen LogP contribution in [0.3, 0.4) is 0 Å². The molecule has 110 valence electrons. The van der Waals surface area contributed by atoms with E-state index in [1.807, 2.05) is 31.3 Å². The number of ketones is 1. The fourth-order valence-electron chi connectivity index (χ4n) is 2.84. The predicted octanol–water partition coefficient (Wildman–Crippen LogP) is 2.41. The zero-order valence-corrected chi connectivity index (χ0v) is 12.5. The first-order valence-corrected chi connectivity index (χ1v) is 7.43. The van der Waals surface area contributed by atoms with Gasteiger partial charge in [-0.3, -0.25) is 9.48 Å². The van der Waals surface area contributed by atoms with Crippen LogP contribution >= 0.6 is 0 Å². The molecule has 1 atom stereocenters. The number of carbonyl (C=O) groups is 1. The van der Waals surface area contributed by atoms with Crippen molar-refractivity contribution in [1.82, 2.24) is 9.78 Å². The summed E-state index contributed by atoms with van der Waals surface area (Å²) in [5.74, 6) is 0.104. The van der Waals surface area contributed by atoms with Gasteiger partial charge in [-0.05, 0) is 30.0 Å². The van der Waals surface area contributed by atoms with Gasteiger partial charge in [-0.25, -0.2) is 0 Å². The third-order valence-electron chi connectivity index (χ3n) is 4.03. The zero-order chi connectivity index (χ0) is 14.8. The second-order valence-corrected chi connectivity index (χ2v) is 5.45. The number of nitrogens with zero attached hydrogens (tertiary/aromatic N) is 2.